The van der Waals surface area contributed by atoms with Gasteiger partial charge in [0.1, 0.15) is 6.29 Å². The van der Waals surface area contributed by atoms with Crippen LogP contribution in [0.2, 0.25) is 5.02 Å². The number of benzene rings is 1. The highest BCUT2D eigenvalue weighted by molar-refractivity contribution is 8.35. The summed E-state index contributed by atoms with van der Waals surface area (Å²) in [6, 6.07) is 5.14. The third kappa shape index (κ3) is 3.99. The second kappa shape index (κ2) is 4.74. The van der Waals surface area contributed by atoms with Crippen LogP contribution in [0.25, 0.3) is 0 Å². The lowest BCUT2D eigenvalue weighted by atomic mass is 10.1. The molecule has 0 saturated heterocycles. The molecule has 0 fully saturated rings. The Morgan fingerprint density at radius 2 is 2.00 bits per heavy atom. The van der Waals surface area contributed by atoms with E-state index < -0.39 is 10.0 Å². The highest BCUT2D eigenvalue weighted by atomic mass is 35.5. The molecule has 1 nitrogen and oxygen atoms in total. The molecule has 80 valence electrons. The zero-order valence-electron chi connectivity index (χ0n) is 9.00. The Bertz CT molecular complexity index is 435. The normalized spacial score (nSPS) is 11.5. The van der Waals surface area contributed by atoms with Crippen LogP contribution in [-0.2, 0) is 0 Å². The summed E-state index contributed by atoms with van der Waals surface area (Å²) < 4.78 is 0. The van der Waals surface area contributed by atoms with Gasteiger partial charge in [0.05, 0.1) is 5.02 Å². The Morgan fingerprint density at radius 3 is 2.47 bits per heavy atom. The van der Waals surface area contributed by atoms with E-state index in [4.69, 9.17) is 11.6 Å². The van der Waals surface area contributed by atoms with Crippen LogP contribution in [0, 0.1) is 11.2 Å². The van der Waals surface area contributed by atoms with Gasteiger partial charge in [0.15, 0.2) is 0 Å². The molecule has 0 unspecified atom stereocenters. The standard InChI is InChI=1S/C12H13ClOS/c1-15(2,3)7-6-11-5-4-10(9-14)8-12(11)13/h4-5,8-9H,1-3H3. The molecular formula is C12H13ClOS. The SMILES string of the molecule is CS(C)(C)C#Cc1ccc(C=O)cc1Cl. The summed E-state index contributed by atoms with van der Waals surface area (Å²) in [4.78, 5) is 10.5. The van der Waals surface area contributed by atoms with Crippen LogP contribution in [0.5, 0.6) is 0 Å². The first-order valence-electron chi connectivity index (χ1n) is 4.38. The number of aldehydes is 1. The number of halogens is 1. The minimum Gasteiger partial charge on any atom is -0.298 e. The van der Waals surface area contributed by atoms with Crippen molar-refractivity contribution in [1.82, 2.24) is 0 Å². The molecule has 0 radical (unpaired) electrons. The summed E-state index contributed by atoms with van der Waals surface area (Å²) >= 11 is 5.98. The largest absolute Gasteiger partial charge is 0.298 e. The van der Waals surface area contributed by atoms with Gasteiger partial charge >= 0.3 is 0 Å². The Hall–Kier alpha value is -0.910. The van der Waals surface area contributed by atoms with Crippen molar-refractivity contribution in [2.75, 3.05) is 18.8 Å². The minimum atomic E-state index is -0.844. The van der Waals surface area contributed by atoms with Gasteiger partial charge in [-0.1, -0.05) is 23.6 Å². The van der Waals surface area contributed by atoms with Crippen molar-refractivity contribution >= 4 is 27.9 Å². The van der Waals surface area contributed by atoms with Gasteiger partial charge in [-0.25, -0.2) is 0 Å². The zero-order chi connectivity index (χ0) is 11.5. The van der Waals surface area contributed by atoms with Gasteiger partial charge in [0.25, 0.3) is 0 Å². The minimum absolute atomic E-state index is 0.538. The molecule has 0 heterocycles. The van der Waals surface area contributed by atoms with E-state index in [1.54, 1.807) is 18.2 Å². The van der Waals surface area contributed by atoms with E-state index in [0.717, 1.165) is 11.8 Å². The lowest BCUT2D eigenvalue weighted by molar-refractivity contribution is 0.112. The molecule has 0 bridgehead atoms. The van der Waals surface area contributed by atoms with Crippen LogP contribution in [0.4, 0.5) is 0 Å². The number of carbonyl (C=O) groups excluding carboxylic acids is 1. The highest BCUT2D eigenvalue weighted by Crippen LogP contribution is 2.32. The Labute approximate surface area is 97.1 Å². The first kappa shape index (κ1) is 12.2. The highest BCUT2D eigenvalue weighted by Gasteiger charge is 2.00. The van der Waals surface area contributed by atoms with E-state index in [-0.39, 0.29) is 0 Å². The molecule has 0 aromatic heterocycles. The molecule has 0 saturated carbocycles. The lowest BCUT2D eigenvalue weighted by Crippen LogP contribution is -1.87. The summed E-state index contributed by atoms with van der Waals surface area (Å²) in [6.07, 6.45) is 7.13. The predicted octanol–water partition coefficient (Wildman–Crippen LogP) is 3.16. The molecule has 0 N–H and O–H groups in total. The second-order valence-electron chi connectivity index (χ2n) is 3.92. The van der Waals surface area contributed by atoms with Crippen LogP contribution in [0.15, 0.2) is 18.2 Å². The van der Waals surface area contributed by atoms with Gasteiger partial charge in [-0.05, 0) is 36.2 Å². The van der Waals surface area contributed by atoms with Crippen molar-refractivity contribution in [3.05, 3.63) is 34.3 Å². The molecule has 3 heteroatoms. The first-order valence-corrected chi connectivity index (χ1v) is 7.62. The Morgan fingerprint density at radius 1 is 1.33 bits per heavy atom. The van der Waals surface area contributed by atoms with E-state index in [9.17, 15) is 4.79 Å². The summed E-state index contributed by atoms with van der Waals surface area (Å²) in [7, 11) is -0.844. The molecule has 1 aromatic carbocycles. The van der Waals surface area contributed by atoms with E-state index in [0.29, 0.717) is 10.6 Å². The fourth-order valence-corrected chi connectivity index (χ4v) is 1.57. The predicted molar refractivity (Wildman–Crippen MR) is 69.1 cm³/mol. The molecule has 0 amide bonds. The summed E-state index contributed by atoms with van der Waals surface area (Å²) in [5.74, 6) is 3.04. The second-order valence-corrected chi connectivity index (χ2v) is 8.21. The molecule has 0 aliphatic carbocycles. The number of hydrogen-bond acceptors (Lipinski definition) is 1. The summed E-state index contributed by atoms with van der Waals surface area (Å²) in [6.45, 7) is 0. The Kier molecular flexibility index (Phi) is 3.84. The van der Waals surface area contributed by atoms with Gasteiger partial charge in [-0.2, -0.15) is 10.0 Å². The smallest absolute Gasteiger partial charge is 0.150 e. The molecule has 0 aliphatic heterocycles. The molecule has 1 aromatic rings. The van der Waals surface area contributed by atoms with Gasteiger partial charge < -0.3 is 0 Å². The third-order valence-corrected chi connectivity index (χ3v) is 2.65. The van der Waals surface area contributed by atoms with Crippen molar-refractivity contribution in [3.8, 4) is 11.2 Å². The van der Waals surface area contributed by atoms with Crippen LogP contribution in [0.1, 0.15) is 15.9 Å². The third-order valence-electron chi connectivity index (χ3n) is 1.62. The summed E-state index contributed by atoms with van der Waals surface area (Å²) in [5.41, 5.74) is 1.36. The first-order chi connectivity index (χ1) is 6.92. The van der Waals surface area contributed by atoms with Crippen molar-refractivity contribution < 1.29 is 4.79 Å². The number of rotatable bonds is 1. The lowest BCUT2D eigenvalue weighted by Gasteiger charge is -2.14. The maximum atomic E-state index is 10.5. The van der Waals surface area contributed by atoms with Crippen LogP contribution in [0.3, 0.4) is 0 Å². The number of carbonyl (C=O) groups is 1. The molecule has 0 aliphatic rings. The van der Waals surface area contributed by atoms with Gasteiger partial charge in [0.2, 0.25) is 0 Å². The van der Waals surface area contributed by atoms with Crippen molar-refractivity contribution in [3.63, 3.8) is 0 Å². The molecule has 0 atom stereocenters. The van der Waals surface area contributed by atoms with Crippen LogP contribution >= 0.6 is 21.6 Å². The van der Waals surface area contributed by atoms with Crippen molar-refractivity contribution in [2.24, 2.45) is 0 Å². The molecule has 1 rings (SSSR count). The van der Waals surface area contributed by atoms with Crippen molar-refractivity contribution in [1.29, 1.82) is 0 Å². The monoisotopic (exact) mass is 240 g/mol. The summed E-state index contributed by atoms with van der Waals surface area (Å²) in [5, 5.41) is 3.71. The van der Waals surface area contributed by atoms with Crippen LogP contribution in [-0.4, -0.2) is 25.1 Å². The average Bonchev–Trinajstić information content (AvgIpc) is 2.14. The fourth-order valence-electron chi connectivity index (χ4n) is 0.914. The topological polar surface area (TPSA) is 17.1 Å². The van der Waals surface area contributed by atoms with E-state index in [2.05, 4.69) is 29.9 Å². The quantitative estimate of drug-likeness (QED) is 0.545. The Balaban J connectivity index is 3.06. The zero-order valence-corrected chi connectivity index (χ0v) is 10.6. The van der Waals surface area contributed by atoms with Gasteiger partial charge in [-0.3, -0.25) is 4.79 Å². The van der Waals surface area contributed by atoms with Crippen LogP contribution < -0.4 is 0 Å². The average molecular weight is 241 g/mol. The van der Waals surface area contributed by atoms with E-state index >= 15 is 0 Å². The molecule has 0 spiro atoms. The fraction of sp³-hybridized carbons (Fsp3) is 0.250. The van der Waals surface area contributed by atoms with Gasteiger partial charge in [-0.15, -0.1) is 0 Å². The van der Waals surface area contributed by atoms with E-state index in [1.165, 1.54) is 0 Å². The molecule has 15 heavy (non-hydrogen) atoms. The number of hydrogen-bond donors (Lipinski definition) is 0. The van der Waals surface area contributed by atoms with E-state index in [1.807, 2.05) is 0 Å². The van der Waals surface area contributed by atoms with Gasteiger partial charge in [0, 0.05) is 11.1 Å². The maximum Gasteiger partial charge on any atom is 0.150 e. The maximum absolute atomic E-state index is 10.5. The van der Waals surface area contributed by atoms with Crippen molar-refractivity contribution in [2.45, 2.75) is 0 Å². The molecular weight excluding hydrogens is 228 g/mol.